The molecule has 0 aromatic heterocycles. The summed E-state index contributed by atoms with van der Waals surface area (Å²) in [6.07, 6.45) is 3.62. The lowest BCUT2D eigenvalue weighted by Crippen LogP contribution is -2.34. The van der Waals surface area contributed by atoms with E-state index in [9.17, 15) is 4.79 Å². The zero-order valence-corrected chi connectivity index (χ0v) is 11.4. The van der Waals surface area contributed by atoms with Gasteiger partial charge in [-0.25, -0.2) is 0 Å². The maximum absolute atomic E-state index is 11.7. The van der Waals surface area contributed by atoms with Crippen LogP contribution in [0.5, 0.6) is 0 Å². The molecule has 1 heterocycles. The summed E-state index contributed by atoms with van der Waals surface area (Å²) in [4.78, 5) is 13.6. The monoisotopic (exact) mass is 242 g/mol. The Hall–Kier alpha value is -0.610. The number of carbonyl (C=O) groups excluding carboxylic acids is 1. The van der Waals surface area contributed by atoms with Crippen LogP contribution in [0.3, 0.4) is 0 Å². The zero-order valence-electron chi connectivity index (χ0n) is 11.4. The number of hydrogen-bond acceptors (Lipinski definition) is 3. The molecular formula is C13H26N2O2. The first-order valence-electron chi connectivity index (χ1n) is 6.81. The first-order chi connectivity index (χ1) is 8.17. The summed E-state index contributed by atoms with van der Waals surface area (Å²) in [6, 6.07) is 0. The van der Waals surface area contributed by atoms with E-state index in [2.05, 4.69) is 12.2 Å². The molecule has 4 heteroatoms. The number of ether oxygens (including phenoxy) is 1. The second kappa shape index (κ2) is 7.67. The van der Waals surface area contributed by atoms with Crippen LogP contribution in [0.4, 0.5) is 0 Å². The third-order valence-electron chi connectivity index (χ3n) is 3.32. The average molecular weight is 242 g/mol. The smallest absolute Gasteiger partial charge is 0.223 e. The topological polar surface area (TPSA) is 41.6 Å². The van der Waals surface area contributed by atoms with Crippen LogP contribution in [-0.2, 0) is 9.53 Å². The van der Waals surface area contributed by atoms with Crippen LogP contribution in [0.2, 0.25) is 0 Å². The summed E-state index contributed by atoms with van der Waals surface area (Å²) in [5, 5.41) is 3.31. The molecule has 0 spiro atoms. The second-order valence-corrected chi connectivity index (χ2v) is 4.67. The summed E-state index contributed by atoms with van der Waals surface area (Å²) >= 11 is 0. The summed E-state index contributed by atoms with van der Waals surface area (Å²) in [5.74, 6) is 0.239. The van der Waals surface area contributed by atoms with Crippen molar-refractivity contribution in [1.29, 1.82) is 0 Å². The molecule has 100 valence electrons. The van der Waals surface area contributed by atoms with E-state index in [4.69, 9.17) is 4.74 Å². The van der Waals surface area contributed by atoms with Gasteiger partial charge in [0.05, 0.1) is 12.2 Å². The van der Waals surface area contributed by atoms with Gasteiger partial charge < -0.3 is 15.0 Å². The predicted molar refractivity (Wildman–Crippen MR) is 69.0 cm³/mol. The van der Waals surface area contributed by atoms with Crippen molar-refractivity contribution in [2.75, 3.05) is 26.2 Å². The minimum atomic E-state index is 0.239. The number of carbonyl (C=O) groups is 1. The van der Waals surface area contributed by atoms with Crippen molar-refractivity contribution < 1.29 is 9.53 Å². The first-order valence-corrected chi connectivity index (χ1v) is 6.81. The lowest BCUT2D eigenvalue weighted by molar-refractivity contribution is -0.130. The van der Waals surface area contributed by atoms with E-state index in [1.807, 2.05) is 18.7 Å². The Bertz CT molecular complexity index is 229. The Labute approximate surface area is 105 Å². The normalized spacial score (nSPS) is 23.9. The van der Waals surface area contributed by atoms with Crippen molar-refractivity contribution in [2.45, 2.75) is 52.2 Å². The van der Waals surface area contributed by atoms with Crippen LogP contribution in [0.25, 0.3) is 0 Å². The molecule has 1 rings (SSSR count). The highest BCUT2D eigenvalue weighted by Gasteiger charge is 2.21. The molecular weight excluding hydrogens is 216 g/mol. The zero-order chi connectivity index (χ0) is 12.7. The number of nitrogens with zero attached hydrogens (tertiary/aromatic N) is 1. The highest BCUT2D eigenvalue weighted by Crippen LogP contribution is 2.17. The van der Waals surface area contributed by atoms with E-state index < -0.39 is 0 Å². The second-order valence-electron chi connectivity index (χ2n) is 4.67. The molecule has 1 aliphatic rings. The van der Waals surface area contributed by atoms with Gasteiger partial charge in [-0.15, -0.1) is 0 Å². The van der Waals surface area contributed by atoms with Crippen LogP contribution < -0.4 is 5.32 Å². The number of amides is 1. The van der Waals surface area contributed by atoms with Crippen molar-refractivity contribution in [3.05, 3.63) is 0 Å². The maximum Gasteiger partial charge on any atom is 0.223 e. The minimum Gasteiger partial charge on any atom is -0.374 e. The Morgan fingerprint density at radius 2 is 2.06 bits per heavy atom. The van der Waals surface area contributed by atoms with Crippen molar-refractivity contribution in [1.82, 2.24) is 10.2 Å². The van der Waals surface area contributed by atoms with Gasteiger partial charge in [0.15, 0.2) is 0 Å². The van der Waals surface area contributed by atoms with E-state index in [0.29, 0.717) is 18.6 Å². The van der Waals surface area contributed by atoms with Crippen molar-refractivity contribution >= 4 is 5.91 Å². The van der Waals surface area contributed by atoms with Crippen LogP contribution >= 0.6 is 0 Å². The van der Waals surface area contributed by atoms with E-state index >= 15 is 0 Å². The van der Waals surface area contributed by atoms with Gasteiger partial charge in [0, 0.05) is 32.6 Å². The Morgan fingerprint density at radius 3 is 2.59 bits per heavy atom. The highest BCUT2D eigenvalue weighted by atomic mass is 16.5. The number of nitrogens with one attached hydrogen (secondary N) is 1. The number of hydrogen-bond donors (Lipinski definition) is 1. The average Bonchev–Trinajstić information content (AvgIpc) is 2.72. The van der Waals surface area contributed by atoms with Gasteiger partial charge in [0.2, 0.25) is 5.91 Å². The SMILES string of the molecule is CCN(CC)C(=O)CCNCC1CCC(C)O1. The van der Waals surface area contributed by atoms with Crippen molar-refractivity contribution in [2.24, 2.45) is 0 Å². The lowest BCUT2D eigenvalue weighted by atomic mass is 10.2. The molecule has 1 aliphatic heterocycles. The van der Waals surface area contributed by atoms with Gasteiger partial charge in [0.25, 0.3) is 0 Å². The highest BCUT2D eigenvalue weighted by molar-refractivity contribution is 5.76. The van der Waals surface area contributed by atoms with Gasteiger partial charge in [-0.05, 0) is 33.6 Å². The van der Waals surface area contributed by atoms with E-state index in [1.165, 1.54) is 0 Å². The van der Waals surface area contributed by atoms with Crippen molar-refractivity contribution in [3.8, 4) is 0 Å². The lowest BCUT2D eigenvalue weighted by Gasteiger charge is -2.19. The van der Waals surface area contributed by atoms with E-state index in [0.717, 1.165) is 39.0 Å². The summed E-state index contributed by atoms with van der Waals surface area (Å²) in [6.45, 7) is 9.38. The first kappa shape index (κ1) is 14.5. The Balaban J connectivity index is 2.05. The van der Waals surface area contributed by atoms with Gasteiger partial charge in [-0.1, -0.05) is 0 Å². The van der Waals surface area contributed by atoms with Crippen LogP contribution in [0, 0.1) is 0 Å². The molecule has 0 radical (unpaired) electrons. The third kappa shape index (κ3) is 5.04. The standard InChI is InChI=1S/C13H26N2O2/c1-4-15(5-2)13(16)8-9-14-10-12-7-6-11(3)17-12/h11-12,14H,4-10H2,1-3H3. The molecule has 1 amide bonds. The van der Waals surface area contributed by atoms with Gasteiger partial charge >= 0.3 is 0 Å². The van der Waals surface area contributed by atoms with Crippen LogP contribution in [0.15, 0.2) is 0 Å². The van der Waals surface area contributed by atoms with Gasteiger partial charge in [0.1, 0.15) is 0 Å². The summed E-state index contributed by atoms with van der Waals surface area (Å²) in [5.41, 5.74) is 0. The minimum absolute atomic E-state index is 0.239. The quantitative estimate of drug-likeness (QED) is 0.686. The molecule has 0 aliphatic carbocycles. The number of rotatable bonds is 7. The Kier molecular flexibility index (Phi) is 6.52. The Morgan fingerprint density at radius 1 is 1.35 bits per heavy atom. The molecule has 0 saturated carbocycles. The van der Waals surface area contributed by atoms with E-state index in [1.54, 1.807) is 0 Å². The summed E-state index contributed by atoms with van der Waals surface area (Å²) < 4.78 is 5.70. The molecule has 0 bridgehead atoms. The molecule has 17 heavy (non-hydrogen) atoms. The van der Waals surface area contributed by atoms with Crippen LogP contribution in [-0.4, -0.2) is 49.2 Å². The van der Waals surface area contributed by atoms with Crippen molar-refractivity contribution in [3.63, 3.8) is 0 Å². The fourth-order valence-electron chi connectivity index (χ4n) is 2.23. The molecule has 4 nitrogen and oxygen atoms in total. The molecule has 2 unspecified atom stereocenters. The van der Waals surface area contributed by atoms with Gasteiger partial charge in [-0.3, -0.25) is 4.79 Å². The van der Waals surface area contributed by atoms with Gasteiger partial charge in [-0.2, -0.15) is 0 Å². The maximum atomic E-state index is 11.7. The van der Waals surface area contributed by atoms with E-state index in [-0.39, 0.29) is 5.91 Å². The largest absolute Gasteiger partial charge is 0.374 e. The molecule has 0 aromatic carbocycles. The molecule has 1 fully saturated rings. The van der Waals surface area contributed by atoms with Crippen LogP contribution in [0.1, 0.15) is 40.0 Å². The third-order valence-corrected chi connectivity index (χ3v) is 3.32. The fourth-order valence-corrected chi connectivity index (χ4v) is 2.23. The predicted octanol–water partition coefficient (Wildman–Crippen LogP) is 1.40. The molecule has 1 saturated heterocycles. The molecule has 2 atom stereocenters. The summed E-state index contributed by atoms with van der Waals surface area (Å²) in [7, 11) is 0. The molecule has 0 aromatic rings. The fraction of sp³-hybridized carbons (Fsp3) is 0.923. The molecule has 1 N–H and O–H groups in total.